The number of carbonyl (C=O) groups is 2. The molecule has 32 heavy (non-hydrogen) atoms. The highest BCUT2D eigenvalue weighted by molar-refractivity contribution is 5.96. The Kier molecular flexibility index (Phi) is 7.87. The lowest BCUT2D eigenvalue weighted by Crippen LogP contribution is -2.45. The van der Waals surface area contributed by atoms with Gasteiger partial charge < -0.3 is 15.4 Å². The number of rotatable bonds is 7. The first-order valence-corrected chi connectivity index (χ1v) is 10.3. The van der Waals surface area contributed by atoms with E-state index < -0.39 is 17.6 Å². The minimum atomic E-state index is -4.47. The van der Waals surface area contributed by atoms with E-state index >= 15 is 0 Å². The number of aryl methyl sites for hydroxylation is 1. The van der Waals surface area contributed by atoms with Crippen LogP contribution in [0.4, 0.5) is 13.2 Å². The fraction of sp³-hybridized carbons (Fsp3) is 0.391. The zero-order valence-corrected chi connectivity index (χ0v) is 17.7. The van der Waals surface area contributed by atoms with E-state index in [1.54, 1.807) is 0 Å². The van der Waals surface area contributed by atoms with E-state index in [4.69, 9.17) is 4.74 Å². The maximum atomic E-state index is 12.7. The third-order valence-corrected chi connectivity index (χ3v) is 5.24. The molecule has 0 spiro atoms. The van der Waals surface area contributed by atoms with Gasteiger partial charge in [-0.2, -0.15) is 13.2 Å². The third kappa shape index (κ3) is 6.80. The maximum absolute atomic E-state index is 12.7. The largest absolute Gasteiger partial charge is 0.416 e. The van der Waals surface area contributed by atoms with Gasteiger partial charge in [-0.05, 0) is 36.8 Å². The van der Waals surface area contributed by atoms with Gasteiger partial charge in [0.2, 0.25) is 5.91 Å². The molecule has 172 valence electrons. The van der Waals surface area contributed by atoms with Crippen LogP contribution in [0.1, 0.15) is 33.1 Å². The van der Waals surface area contributed by atoms with Gasteiger partial charge in [0, 0.05) is 25.2 Å². The summed E-state index contributed by atoms with van der Waals surface area (Å²) in [6.07, 6.45) is -4.47. The van der Waals surface area contributed by atoms with Gasteiger partial charge in [0.15, 0.2) is 0 Å². The molecule has 2 amide bonds. The zero-order chi connectivity index (χ0) is 23.1. The lowest BCUT2D eigenvalue weighted by Gasteiger charge is -2.31. The Morgan fingerprint density at radius 1 is 1.03 bits per heavy atom. The molecular weight excluding hydrogens is 423 g/mol. The van der Waals surface area contributed by atoms with Crippen LogP contribution in [0, 0.1) is 6.92 Å². The van der Waals surface area contributed by atoms with Gasteiger partial charge in [-0.15, -0.1) is 0 Å². The highest BCUT2D eigenvalue weighted by Crippen LogP contribution is 2.29. The quantitative estimate of drug-likeness (QED) is 0.682. The highest BCUT2D eigenvalue weighted by Gasteiger charge is 2.30. The molecule has 1 unspecified atom stereocenters. The van der Waals surface area contributed by atoms with Crippen LogP contribution >= 0.6 is 0 Å². The second kappa shape index (κ2) is 10.6. The minimum Gasteiger partial charge on any atom is -0.379 e. The Morgan fingerprint density at radius 2 is 1.66 bits per heavy atom. The molecule has 9 heteroatoms. The van der Waals surface area contributed by atoms with Gasteiger partial charge in [0.25, 0.3) is 5.91 Å². The van der Waals surface area contributed by atoms with E-state index in [9.17, 15) is 22.8 Å². The fourth-order valence-corrected chi connectivity index (χ4v) is 3.39. The lowest BCUT2D eigenvalue weighted by molar-refractivity contribution is -0.137. The van der Waals surface area contributed by atoms with Crippen LogP contribution in [0.25, 0.3) is 0 Å². The van der Waals surface area contributed by atoms with Gasteiger partial charge in [-0.3, -0.25) is 14.5 Å². The van der Waals surface area contributed by atoms with E-state index in [0.29, 0.717) is 19.8 Å². The molecule has 2 N–H and O–H groups in total. The molecule has 0 saturated carbocycles. The average Bonchev–Trinajstić information content (AvgIpc) is 2.78. The lowest BCUT2D eigenvalue weighted by atomic mass is 10.0. The summed E-state index contributed by atoms with van der Waals surface area (Å²) < 4.78 is 43.4. The van der Waals surface area contributed by atoms with Crippen molar-refractivity contribution in [3.05, 3.63) is 70.8 Å². The van der Waals surface area contributed by atoms with Crippen molar-refractivity contribution in [2.24, 2.45) is 0 Å². The van der Waals surface area contributed by atoms with Gasteiger partial charge in [-0.1, -0.05) is 29.8 Å². The van der Waals surface area contributed by atoms with Gasteiger partial charge >= 0.3 is 6.18 Å². The summed E-state index contributed by atoms with van der Waals surface area (Å²) in [5, 5.41) is 5.41. The van der Waals surface area contributed by atoms with Crippen molar-refractivity contribution < 1.29 is 27.5 Å². The minimum absolute atomic E-state index is 0.0502. The molecule has 0 radical (unpaired) electrons. The molecule has 1 saturated heterocycles. The number of nitrogens with one attached hydrogen (secondary N) is 2. The molecule has 1 aliphatic rings. The average molecular weight is 449 g/mol. The Balaban J connectivity index is 1.59. The monoisotopic (exact) mass is 449 g/mol. The number of alkyl halides is 3. The summed E-state index contributed by atoms with van der Waals surface area (Å²) in [6.45, 7) is 5.10. The summed E-state index contributed by atoms with van der Waals surface area (Å²) in [4.78, 5) is 27.0. The van der Waals surface area contributed by atoms with E-state index in [2.05, 4.69) is 15.5 Å². The van der Waals surface area contributed by atoms with Crippen molar-refractivity contribution in [2.75, 3.05) is 39.4 Å². The van der Waals surface area contributed by atoms with Crippen molar-refractivity contribution in [3.8, 4) is 0 Å². The van der Waals surface area contributed by atoms with Crippen molar-refractivity contribution >= 4 is 11.8 Å². The van der Waals surface area contributed by atoms with E-state index in [-0.39, 0.29) is 24.1 Å². The molecule has 0 aliphatic carbocycles. The van der Waals surface area contributed by atoms with Gasteiger partial charge in [0.1, 0.15) is 0 Å². The van der Waals surface area contributed by atoms with Crippen molar-refractivity contribution in [1.82, 2.24) is 15.5 Å². The van der Waals surface area contributed by atoms with E-state index in [1.807, 2.05) is 31.2 Å². The number of ether oxygens (including phenoxy) is 1. The zero-order valence-electron chi connectivity index (χ0n) is 17.7. The predicted molar refractivity (Wildman–Crippen MR) is 113 cm³/mol. The van der Waals surface area contributed by atoms with Gasteiger partial charge in [-0.25, -0.2) is 0 Å². The molecular formula is C23H26F3N3O3. The Morgan fingerprint density at radius 3 is 2.25 bits per heavy atom. The number of amides is 2. The molecule has 6 nitrogen and oxygen atoms in total. The first-order chi connectivity index (χ1) is 15.2. The number of morpholine rings is 1. The maximum Gasteiger partial charge on any atom is 0.416 e. The first kappa shape index (κ1) is 23.7. The topological polar surface area (TPSA) is 70.7 Å². The molecule has 1 fully saturated rings. The van der Waals surface area contributed by atoms with Gasteiger partial charge in [0.05, 0.1) is 31.4 Å². The molecule has 0 aromatic heterocycles. The second-order valence-corrected chi connectivity index (χ2v) is 7.70. The summed E-state index contributed by atoms with van der Waals surface area (Å²) in [5.41, 5.74) is 1.27. The van der Waals surface area contributed by atoms with Crippen LogP contribution in [-0.4, -0.2) is 56.1 Å². The summed E-state index contributed by atoms with van der Waals surface area (Å²) in [7, 11) is 0. The summed E-state index contributed by atoms with van der Waals surface area (Å²) >= 11 is 0. The SMILES string of the molecule is Cc1ccc(C(CN2CCOCC2)NC(=O)CNC(=O)c2ccc(C(F)(F)F)cc2)cc1. The number of carbonyl (C=O) groups excluding carboxylic acids is 2. The van der Waals surface area contributed by atoms with Crippen LogP contribution in [-0.2, 0) is 15.7 Å². The number of hydrogen-bond donors (Lipinski definition) is 2. The Bertz CT molecular complexity index is 909. The Hall–Kier alpha value is -2.91. The molecule has 1 heterocycles. The fourth-order valence-electron chi connectivity index (χ4n) is 3.39. The third-order valence-electron chi connectivity index (χ3n) is 5.24. The molecule has 2 aromatic carbocycles. The highest BCUT2D eigenvalue weighted by atomic mass is 19.4. The predicted octanol–water partition coefficient (Wildman–Crippen LogP) is 2.93. The number of benzene rings is 2. The van der Waals surface area contributed by atoms with Crippen LogP contribution in [0.2, 0.25) is 0 Å². The van der Waals surface area contributed by atoms with Crippen molar-refractivity contribution in [2.45, 2.75) is 19.1 Å². The summed E-state index contributed by atoms with van der Waals surface area (Å²) in [5.74, 6) is -1.00. The second-order valence-electron chi connectivity index (χ2n) is 7.70. The smallest absolute Gasteiger partial charge is 0.379 e. The normalized spacial score (nSPS) is 15.8. The molecule has 2 aromatic rings. The van der Waals surface area contributed by atoms with Crippen LogP contribution in [0.15, 0.2) is 48.5 Å². The van der Waals surface area contributed by atoms with E-state index in [0.717, 1.165) is 48.5 Å². The van der Waals surface area contributed by atoms with Crippen molar-refractivity contribution in [3.63, 3.8) is 0 Å². The Labute approximate surface area is 184 Å². The molecule has 3 rings (SSSR count). The van der Waals surface area contributed by atoms with Crippen LogP contribution in [0.5, 0.6) is 0 Å². The number of halogens is 3. The van der Waals surface area contributed by atoms with Crippen LogP contribution in [0.3, 0.4) is 0 Å². The van der Waals surface area contributed by atoms with Crippen LogP contribution < -0.4 is 10.6 Å². The molecule has 1 aliphatic heterocycles. The number of hydrogen-bond acceptors (Lipinski definition) is 4. The van der Waals surface area contributed by atoms with Crippen molar-refractivity contribution in [1.29, 1.82) is 0 Å². The summed E-state index contributed by atoms with van der Waals surface area (Å²) in [6, 6.07) is 11.4. The number of nitrogens with zero attached hydrogens (tertiary/aromatic N) is 1. The molecule has 1 atom stereocenters. The van der Waals surface area contributed by atoms with E-state index in [1.165, 1.54) is 0 Å². The first-order valence-electron chi connectivity index (χ1n) is 10.3. The molecule has 0 bridgehead atoms. The standard InChI is InChI=1S/C23H26F3N3O3/c1-16-2-4-17(5-3-16)20(15-29-10-12-32-13-11-29)28-21(30)14-27-22(31)18-6-8-19(9-7-18)23(24,25)26/h2-9,20H,10-15H2,1H3,(H,27,31)(H,28,30).